The van der Waals surface area contributed by atoms with E-state index in [0.717, 1.165) is 18.7 Å². The number of benzene rings is 2. The first-order valence-corrected chi connectivity index (χ1v) is 8.49. The Hall–Kier alpha value is -2.51. The Morgan fingerprint density at radius 3 is 2.19 bits per heavy atom. The van der Waals surface area contributed by atoms with Gasteiger partial charge in [0.1, 0.15) is 11.6 Å². The van der Waals surface area contributed by atoms with Crippen molar-refractivity contribution in [1.29, 1.82) is 0 Å². The van der Waals surface area contributed by atoms with Gasteiger partial charge in [0.25, 0.3) is 0 Å². The Balaban J connectivity index is 1.64. The molecule has 2 N–H and O–H groups in total. The summed E-state index contributed by atoms with van der Waals surface area (Å²) in [5.74, 6) is -0.656. The van der Waals surface area contributed by atoms with E-state index in [-0.39, 0.29) is 23.7 Å². The number of morpholine rings is 1. The van der Waals surface area contributed by atoms with Crippen LogP contribution >= 0.6 is 0 Å². The van der Waals surface area contributed by atoms with Gasteiger partial charge in [0.2, 0.25) is 0 Å². The second-order valence-electron chi connectivity index (χ2n) is 6.06. The average molecular weight is 361 g/mol. The molecule has 138 valence electrons. The third kappa shape index (κ3) is 5.00. The summed E-state index contributed by atoms with van der Waals surface area (Å²) >= 11 is 0. The SMILES string of the molecule is O=C(NC[C@@H](c1ccc(F)cc1)N1CCOCC1)Nc1ccc(F)cc1. The van der Waals surface area contributed by atoms with Crippen LogP contribution in [-0.2, 0) is 4.74 Å². The van der Waals surface area contributed by atoms with Crippen LogP contribution in [0.1, 0.15) is 11.6 Å². The van der Waals surface area contributed by atoms with Crippen LogP contribution in [0.2, 0.25) is 0 Å². The number of anilines is 1. The number of hydrogen-bond acceptors (Lipinski definition) is 3. The number of carbonyl (C=O) groups excluding carboxylic acids is 1. The van der Waals surface area contributed by atoms with Crippen molar-refractivity contribution in [1.82, 2.24) is 10.2 Å². The predicted molar refractivity (Wildman–Crippen MR) is 95.0 cm³/mol. The lowest BCUT2D eigenvalue weighted by molar-refractivity contribution is 0.0167. The Morgan fingerprint density at radius 1 is 1.00 bits per heavy atom. The zero-order valence-electron chi connectivity index (χ0n) is 14.3. The third-order valence-corrected chi connectivity index (χ3v) is 4.30. The van der Waals surface area contributed by atoms with Crippen LogP contribution in [0.15, 0.2) is 48.5 Å². The summed E-state index contributed by atoms with van der Waals surface area (Å²) in [6.45, 7) is 3.09. The van der Waals surface area contributed by atoms with E-state index in [4.69, 9.17) is 4.74 Å². The number of urea groups is 1. The summed E-state index contributed by atoms with van der Waals surface area (Å²) in [6, 6.07) is 11.4. The Morgan fingerprint density at radius 2 is 1.58 bits per heavy atom. The van der Waals surface area contributed by atoms with Gasteiger partial charge in [0.15, 0.2) is 0 Å². The normalized spacial score (nSPS) is 16.1. The number of nitrogens with zero attached hydrogens (tertiary/aromatic N) is 1. The molecule has 1 atom stereocenters. The van der Waals surface area contributed by atoms with Crippen molar-refractivity contribution < 1.29 is 18.3 Å². The van der Waals surface area contributed by atoms with Gasteiger partial charge in [-0.3, -0.25) is 4.90 Å². The first kappa shape index (κ1) is 18.3. The second-order valence-corrected chi connectivity index (χ2v) is 6.06. The molecule has 1 saturated heterocycles. The molecule has 1 aliphatic heterocycles. The van der Waals surface area contributed by atoms with E-state index in [0.29, 0.717) is 25.4 Å². The molecule has 3 rings (SSSR count). The maximum absolute atomic E-state index is 13.2. The summed E-state index contributed by atoms with van der Waals surface area (Å²) in [7, 11) is 0. The van der Waals surface area contributed by atoms with E-state index < -0.39 is 0 Å². The molecule has 0 unspecified atom stereocenters. The molecule has 1 heterocycles. The third-order valence-electron chi connectivity index (χ3n) is 4.30. The second kappa shape index (κ2) is 8.73. The maximum atomic E-state index is 13.2. The van der Waals surface area contributed by atoms with E-state index in [1.54, 1.807) is 12.1 Å². The molecule has 7 heteroatoms. The molecule has 2 amide bonds. The van der Waals surface area contributed by atoms with Crippen molar-refractivity contribution >= 4 is 11.7 Å². The van der Waals surface area contributed by atoms with Crippen molar-refractivity contribution in [2.45, 2.75) is 6.04 Å². The lowest BCUT2D eigenvalue weighted by Crippen LogP contribution is -2.44. The van der Waals surface area contributed by atoms with Gasteiger partial charge in [-0.05, 0) is 42.0 Å². The van der Waals surface area contributed by atoms with Crippen LogP contribution < -0.4 is 10.6 Å². The molecule has 5 nitrogen and oxygen atoms in total. The minimum absolute atomic E-state index is 0.0848. The number of amides is 2. The fourth-order valence-electron chi connectivity index (χ4n) is 2.93. The van der Waals surface area contributed by atoms with Gasteiger partial charge in [0, 0.05) is 25.3 Å². The zero-order chi connectivity index (χ0) is 18.4. The number of nitrogens with one attached hydrogen (secondary N) is 2. The molecule has 26 heavy (non-hydrogen) atoms. The summed E-state index contributed by atoms with van der Waals surface area (Å²) < 4.78 is 31.6. The van der Waals surface area contributed by atoms with Crippen LogP contribution in [0.3, 0.4) is 0 Å². The summed E-state index contributed by atoms with van der Waals surface area (Å²) in [4.78, 5) is 14.4. The fraction of sp³-hybridized carbons (Fsp3) is 0.316. The molecule has 0 aliphatic carbocycles. The quantitative estimate of drug-likeness (QED) is 0.860. The van der Waals surface area contributed by atoms with Gasteiger partial charge < -0.3 is 15.4 Å². The molecule has 2 aromatic rings. The van der Waals surface area contributed by atoms with E-state index in [1.165, 1.54) is 36.4 Å². The van der Waals surface area contributed by atoms with E-state index in [9.17, 15) is 13.6 Å². The van der Waals surface area contributed by atoms with Gasteiger partial charge in [-0.25, -0.2) is 13.6 Å². The molecule has 0 radical (unpaired) electrons. The Labute approximate surface area is 151 Å². The molecule has 1 aliphatic rings. The highest BCUT2D eigenvalue weighted by Crippen LogP contribution is 2.21. The molecule has 0 spiro atoms. The van der Waals surface area contributed by atoms with Gasteiger partial charge in [-0.2, -0.15) is 0 Å². The van der Waals surface area contributed by atoms with Crippen molar-refractivity contribution in [2.75, 3.05) is 38.2 Å². The number of carbonyl (C=O) groups is 1. The van der Waals surface area contributed by atoms with Crippen molar-refractivity contribution in [2.24, 2.45) is 0 Å². The first-order chi connectivity index (χ1) is 12.6. The fourth-order valence-corrected chi connectivity index (χ4v) is 2.93. The van der Waals surface area contributed by atoms with E-state index in [2.05, 4.69) is 15.5 Å². The molecule has 0 saturated carbocycles. The van der Waals surface area contributed by atoms with Gasteiger partial charge >= 0.3 is 6.03 Å². The highest BCUT2D eigenvalue weighted by molar-refractivity contribution is 5.89. The van der Waals surface area contributed by atoms with Gasteiger partial charge in [-0.1, -0.05) is 12.1 Å². The minimum atomic E-state index is -0.378. The molecule has 1 fully saturated rings. The Kier molecular flexibility index (Phi) is 6.14. The molecule has 2 aromatic carbocycles. The van der Waals surface area contributed by atoms with Crippen LogP contribution in [0, 0.1) is 11.6 Å². The van der Waals surface area contributed by atoms with Crippen LogP contribution in [0.4, 0.5) is 19.3 Å². The maximum Gasteiger partial charge on any atom is 0.319 e. The van der Waals surface area contributed by atoms with E-state index in [1.807, 2.05) is 0 Å². The van der Waals surface area contributed by atoms with Crippen LogP contribution in [0.5, 0.6) is 0 Å². The molecule has 0 aromatic heterocycles. The van der Waals surface area contributed by atoms with Crippen molar-refractivity contribution in [3.63, 3.8) is 0 Å². The lowest BCUT2D eigenvalue weighted by Gasteiger charge is -2.34. The summed E-state index contributed by atoms with van der Waals surface area (Å²) in [5, 5.41) is 5.50. The van der Waals surface area contributed by atoms with Crippen LogP contribution in [0.25, 0.3) is 0 Å². The largest absolute Gasteiger partial charge is 0.379 e. The summed E-state index contributed by atoms with van der Waals surface area (Å²) in [5.41, 5.74) is 1.43. The van der Waals surface area contributed by atoms with Crippen LogP contribution in [-0.4, -0.2) is 43.8 Å². The van der Waals surface area contributed by atoms with Gasteiger partial charge in [0.05, 0.1) is 19.3 Å². The van der Waals surface area contributed by atoms with E-state index >= 15 is 0 Å². The zero-order valence-corrected chi connectivity index (χ0v) is 14.3. The smallest absolute Gasteiger partial charge is 0.319 e. The molecular formula is C19H21F2N3O2. The highest BCUT2D eigenvalue weighted by atomic mass is 19.1. The number of hydrogen-bond donors (Lipinski definition) is 2. The number of halogens is 2. The van der Waals surface area contributed by atoms with Crippen molar-refractivity contribution in [3.05, 3.63) is 65.7 Å². The standard InChI is InChI=1S/C19H21F2N3O2/c20-15-3-1-14(2-4-15)18(24-9-11-26-12-10-24)13-22-19(25)23-17-7-5-16(21)6-8-17/h1-8,18H,9-13H2,(H2,22,23,25)/t18-/m0/s1. The monoisotopic (exact) mass is 361 g/mol. The van der Waals surface area contributed by atoms with Crippen molar-refractivity contribution in [3.8, 4) is 0 Å². The average Bonchev–Trinajstić information content (AvgIpc) is 2.66. The molecule has 0 bridgehead atoms. The number of rotatable bonds is 5. The molecular weight excluding hydrogens is 340 g/mol. The highest BCUT2D eigenvalue weighted by Gasteiger charge is 2.23. The topological polar surface area (TPSA) is 53.6 Å². The summed E-state index contributed by atoms with van der Waals surface area (Å²) in [6.07, 6.45) is 0. The first-order valence-electron chi connectivity index (χ1n) is 8.49. The lowest BCUT2D eigenvalue weighted by atomic mass is 10.0. The van der Waals surface area contributed by atoms with Gasteiger partial charge in [-0.15, -0.1) is 0 Å². The number of ether oxygens (including phenoxy) is 1. The Bertz CT molecular complexity index is 717. The predicted octanol–water partition coefficient (Wildman–Crippen LogP) is 3.16. The minimum Gasteiger partial charge on any atom is -0.379 e.